The zero-order valence-electron chi connectivity index (χ0n) is 55.7. The van der Waals surface area contributed by atoms with Crippen molar-refractivity contribution in [1.82, 2.24) is 0 Å². The number of fused-ring (bicyclic) bond motifs is 6. The van der Waals surface area contributed by atoms with Gasteiger partial charge in [0.05, 0.1) is 33.6 Å². The number of nitrogens with zero attached hydrogens (tertiary/aromatic N) is 2. The molecule has 96 heavy (non-hydrogen) atoms. The fourth-order valence-corrected chi connectivity index (χ4v) is 19.3. The molecule has 2 fully saturated rings. The van der Waals surface area contributed by atoms with Gasteiger partial charge in [0.15, 0.2) is 0 Å². The van der Waals surface area contributed by atoms with Gasteiger partial charge in [-0.15, -0.1) is 0 Å². The number of benzene rings is 14. The maximum atomic E-state index is 2.68. The standard InChI is InChI=1S/C94H80N2/c1-61-55-69(93(67-35-15-7-16-36-67)83-47-27-23-43-73(83)74-44-24-28-48-84(74)93)56-62(2)91(61)95(71-39-19-9-20-40-71)87-59-81(65-31-11-5-12-32-65)77-52-54-80-88(60-82(66-33-13-6-14-34-66)78-51-53-79(87)89(77)90(78)80)96(72-41-21-10-22-42-72)92-63(3)57-70(58-64(92)4)94(68-37-17-8-18-38-68)85-49-29-25-45-75(85)76-46-26-30-50-86(76)94/h7-10,15-30,35-60,65-66H,5-6,11-14,31-34H2,1-4H3. The summed E-state index contributed by atoms with van der Waals surface area (Å²) in [7, 11) is 0. The summed E-state index contributed by atoms with van der Waals surface area (Å²) >= 11 is 0. The van der Waals surface area contributed by atoms with Crippen molar-refractivity contribution < 1.29 is 0 Å². The van der Waals surface area contributed by atoms with Crippen LogP contribution in [0, 0.1) is 27.7 Å². The highest BCUT2D eigenvalue weighted by molar-refractivity contribution is 6.29. The Labute approximate surface area is 566 Å². The Morgan fingerprint density at radius 1 is 0.271 bits per heavy atom. The first kappa shape index (κ1) is 58.3. The lowest BCUT2D eigenvalue weighted by molar-refractivity contribution is 0.445. The Bertz CT molecular complexity index is 4830. The maximum Gasteiger partial charge on any atom is 0.0713 e. The average Bonchev–Trinajstić information content (AvgIpc) is 1.27. The van der Waals surface area contributed by atoms with E-state index in [1.54, 1.807) is 0 Å². The highest BCUT2D eigenvalue weighted by Crippen LogP contribution is 2.61. The molecule has 0 N–H and O–H groups in total. The molecule has 0 aromatic heterocycles. The molecular weight excluding hydrogens is 1160 g/mol. The third kappa shape index (κ3) is 8.76. The summed E-state index contributed by atoms with van der Waals surface area (Å²) in [6.07, 6.45) is 12.4. The molecule has 0 saturated heterocycles. The van der Waals surface area contributed by atoms with Crippen LogP contribution in [0.5, 0.6) is 0 Å². The van der Waals surface area contributed by atoms with E-state index in [9.17, 15) is 0 Å². The molecule has 4 aliphatic carbocycles. The Balaban J connectivity index is 0.896. The van der Waals surface area contributed by atoms with E-state index < -0.39 is 10.8 Å². The Morgan fingerprint density at radius 2 is 0.552 bits per heavy atom. The molecule has 14 aromatic carbocycles. The molecule has 2 heteroatoms. The number of aryl methyl sites for hydroxylation is 4. The van der Waals surface area contributed by atoms with E-state index in [2.05, 4.69) is 317 Å². The molecule has 0 heterocycles. The SMILES string of the molecule is Cc1cc(C2(c3ccccc3)c3ccccc3-c3ccccc32)cc(C)c1N(c1ccccc1)c1cc(C2CCCCC2)c2ccc3c(N(c4ccccc4)c4c(C)cc(C5(c6ccccc6)c6ccccc6-c6ccccc65)cc4C)cc(C4CCCCC4)c4ccc1c2c43. The van der Waals surface area contributed by atoms with Crippen LogP contribution in [0.2, 0.25) is 0 Å². The molecule has 0 amide bonds. The van der Waals surface area contributed by atoms with Crippen LogP contribution in [-0.4, -0.2) is 0 Å². The van der Waals surface area contributed by atoms with Crippen LogP contribution in [0.15, 0.2) is 279 Å². The fraction of sp³-hybridized carbons (Fsp3) is 0.191. The number of anilines is 6. The van der Waals surface area contributed by atoms with Crippen LogP contribution in [-0.2, 0) is 10.8 Å². The van der Waals surface area contributed by atoms with E-state index in [0.717, 1.165) is 0 Å². The van der Waals surface area contributed by atoms with Crippen molar-refractivity contribution in [3.8, 4) is 22.3 Å². The molecule has 0 atom stereocenters. The first-order valence-corrected chi connectivity index (χ1v) is 35.5. The fourth-order valence-electron chi connectivity index (χ4n) is 19.3. The summed E-state index contributed by atoms with van der Waals surface area (Å²) in [5, 5.41) is 8.22. The zero-order valence-corrected chi connectivity index (χ0v) is 55.7. The molecule has 466 valence electrons. The van der Waals surface area contributed by atoms with Gasteiger partial charge in [0.1, 0.15) is 0 Å². The highest BCUT2D eigenvalue weighted by atomic mass is 15.2. The van der Waals surface area contributed by atoms with Crippen LogP contribution < -0.4 is 9.80 Å². The van der Waals surface area contributed by atoms with Gasteiger partial charge in [-0.2, -0.15) is 0 Å². The van der Waals surface area contributed by atoms with Gasteiger partial charge in [-0.05, 0) is 223 Å². The van der Waals surface area contributed by atoms with Crippen molar-refractivity contribution in [3.63, 3.8) is 0 Å². The lowest BCUT2D eigenvalue weighted by atomic mass is 9.67. The number of rotatable bonds is 12. The topological polar surface area (TPSA) is 6.48 Å². The summed E-state index contributed by atoms with van der Waals surface area (Å²) in [5.74, 6) is 0.884. The lowest BCUT2D eigenvalue weighted by Crippen LogP contribution is -2.29. The van der Waals surface area contributed by atoms with Gasteiger partial charge in [-0.1, -0.05) is 281 Å². The molecular formula is C94H80N2. The van der Waals surface area contributed by atoms with E-state index in [1.165, 1.54) is 231 Å². The minimum absolute atomic E-state index is 0.442. The molecule has 2 saturated carbocycles. The summed E-state index contributed by atoms with van der Waals surface area (Å²) in [6, 6.07) is 108. The van der Waals surface area contributed by atoms with Crippen LogP contribution in [0.4, 0.5) is 34.1 Å². The second-order valence-corrected chi connectivity index (χ2v) is 28.4. The summed E-state index contributed by atoms with van der Waals surface area (Å²) < 4.78 is 0. The molecule has 4 aliphatic rings. The predicted molar refractivity (Wildman–Crippen MR) is 405 cm³/mol. The average molecular weight is 1240 g/mol. The van der Waals surface area contributed by atoms with E-state index in [-0.39, 0.29) is 0 Å². The van der Waals surface area contributed by atoms with Gasteiger partial charge >= 0.3 is 0 Å². The third-order valence-corrected chi connectivity index (χ3v) is 23.1. The van der Waals surface area contributed by atoms with Crippen molar-refractivity contribution in [3.05, 3.63) is 357 Å². The summed E-state index contributed by atoms with van der Waals surface area (Å²) in [5.41, 5.74) is 30.1. The summed E-state index contributed by atoms with van der Waals surface area (Å²) in [4.78, 5) is 5.35. The van der Waals surface area contributed by atoms with Gasteiger partial charge in [-0.3, -0.25) is 0 Å². The third-order valence-electron chi connectivity index (χ3n) is 23.1. The normalized spacial score (nSPS) is 15.6. The van der Waals surface area contributed by atoms with Gasteiger partial charge in [0.2, 0.25) is 0 Å². The second kappa shape index (κ2) is 23.3. The summed E-state index contributed by atoms with van der Waals surface area (Å²) in [6.45, 7) is 9.54. The molecule has 0 unspecified atom stereocenters. The van der Waals surface area contributed by atoms with E-state index in [0.29, 0.717) is 11.8 Å². The quantitative estimate of drug-likeness (QED) is 0.113. The minimum atomic E-state index is -0.513. The molecule has 2 nitrogen and oxygen atoms in total. The van der Waals surface area contributed by atoms with Crippen LogP contribution >= 0.6 is 0 Å². The number of para-hydroxylation sites is 2. The molecule has 0 bridgehead atoms. The van der Waals surface area contributed by atoms with Crippen LogP contribution in [0.1, 0.15) is 154 Å². The Morgan fingerprint density at radius 3 is 0.875 bits per heavy atom. The van der Waals surface area contributed by atoms with Gasteiger partial charge in [-0.25, -0.2) is 0 Å². The number of hydrogen-bond donors (Lipinski definition) is 0. The lowest BCUT2D eigenvalue weighted by Gasteiger charge is -2.37. The van der Waals surface area contributed by atoms with Crippen molar-refractivity contribution >= 4 is 66.4 Å². The first-order valence-electron chi connectivity index (χ1n) is 35.5. The molecule has 0 aliphatic heterocycles. The van der Waals surface area contributed by atoms with Gasteiger partial charge in [0.25, 0.3) is 0 Å². The monoisotopic (exact) mass is 1240 g/mol. The van der Waals surface area contributed by atoms with Gasteiger partial charge in [0, 0.05) is 22.1 Å². The Hall–Kier alpha value is -10.3. The molecule has 18 rings (SSSR count). The van der Waals surface area contributed by atoms with Crippen LogP contribution in [0.3, 0.4) is 0 Å². The molecule has 14 aromatic rings. The Kier molecular flexibility index (Phi) is 14.1. The number of hydrogen-bond acceptors (Lipinski definition) is 2. The smallest absolute Gasteiger partial charge is 0.0713 e. The maximum absolute atomic E-state index is 2.68. The highest BCUT2D eigenvalue weighted by Gasteiger charge is 2.48. The van der Waals surface area contributed by atoms with E-state index in [4.69, 9.17) is 0 Å². The van der Waals surface area contributed by atoms with Crippen molar-refractivity contribution in [2.75, 3.05) is 9.80 Å². The van der Waals surface area contributed by atoms with Crippen LogP contribution in [0.25, 0.3) is 54.6 Å². The van der Waals surface area contributed by atoms with Crippen molar-refractivity contribution in [2.45, 2.75) is 115 Å². The minimum Gasteiger partial charge on any atom is -0.309 e. The molecule has 0 spiro atoms. The zero-order chi connectivity index (χ0) is 64.2. The molecule has 0 radical (unpaired) electrons. The predicted octanol–water partition coefficient (Wildman–Crippen LogP) is 25.6. The van der Waals surface area contributed by atoms with Crippen molar-refractivity contribution in [1.29, 1.82) is 0 Å². The second-order valence-electron chi connectivity index (χ2n) is 28.4. The van der Waals surface area contributed by atoms with Gasteiger partial charge < -0.3 is 9.80 Å². The van der Waals surface area contributed by atoms with E-state index in [1.807, 2.05) is 0 Å². The van der Waals surface area contributed by atoms with Crippen molar-refractivity contribution in [2.24, 2.45) is 0 Å². The van der Waals surface area contributed by atoms with E-state index >= 15 is 0 Å². The largest absolute Gasteiger partial charge is 0.309 e. The first-order chi connectivity index (χ1) is 47.3.